The third-order valence-corrected chi connectivity index (χ3v) is 6.89. The number of rotatable bonds is 5. The van der Waals surface area contributed by atoms with Gasteiger partial charge in [0.1, 0.15) is 0 Å². The van der Waals surface area contributed by atoms with Crippen LogP contribution in [0.3, 0.4) is 0 Å². The van der Waals surface area contributed by atoms with E-state index in [4.69, 9.17) is 0 Å². The number of carbonyl (C=O) groups excluding carboxylic acids is 1. The first-order valence-corrected chi connectivity index (χ1v) is 12.4. The van der Waals surface area contributed by atoms with E-state index in [1.807, 2.05) is 0 Å². The van der Waals surface area contributed by atoms with E-state index in [1.54, 1.807) is 0 Å². The fourth-order valence-corrected chi connectivity index (χ4v) is 5.10. The Morgan fingerprint density at radius 3 is 1.52 bits per heavy atom. The summed E-state index contributed by atoms with van der Waals surface area (Å²) in [6.45, 7) is 29.4. The number of carbonyl (C=O) groups is 1. The molecule has 1 nitrogen and oxygen atoms in total. The minimum absolute atomic E-state index is 0.0606. The van der Waals surface area contributed by atoms with Crippen LogP contribution in [0.1, 0.15) is 123 Å². The molecule has 2 heteroatoms. The molecule has 1 rings (SSSR count). The van der Waals surface area contributed by atoms with Gasteiger partial charge in [-0.2, -0.15) is 0 Å². The van der Waals surface area contributed by atoms with Crippen molar-refractivity contribution < 1.29 is 4.79 Å². The first kappa shape index (κ1) is 26.4. The zero-order valence-electron chi connectivity index (χ0n) is 21.6. The van der Waals surface area contributed by atoms with E-state index in [9.17, 15) is 4.79 Å². The Morgan fingerprint density at radius 2 is 1.21 bits per heavy atom. The summed E-state index contributed by atoms with van der Waals surface area (Å²) in [4.78, 5) is 13.6. The van der Waals surface area contributed by atoms with E-state index in [1.165, 1.54) is 16.7 Å². The van der Waals surface area contributed by atoms with E-state index >= 15 is 0 Å². The van der Waals surface area contributed by atoms with Crippen LogP contribution in [0, 0.1) is 11.3 Å². The van der Waals surface area contributed by atoms with Gasteiger partial charge >= 0.3 is 0 Å². The average Bonchev–Trinajstić information content (AvgIpc) is 2.47. The van der Waals surface area contributed by atoms with E-state index in [-0.39, 0.29) is 16.2 Å². The normalized spacial score (nSPS) is 15.2. The summed E-state index contributed by atoms with van der Waals surface area (Å²) >= 11 is 0. The Bertz CT molecular complexity index is 680. The van der Waals surface area contributed by atoms with Crippen molar-refractivity contribution in [1.29, 1.82) is 0 Å². The van der Waals surface area contributed by atoms with Gasteiger partial charge in [-0.1, -0.05) is 102 Å². The molecular formula is C27H47OP. The van der Waals surface area contributed by atoms with Gasteiger partial charge in [0.05, 0.1) is 0 Å². The van der Waals surface area contributed by atoms with Gasteiger partial charge in [-0.05, 0) is 65.4 Å². The highest BCUT2D eigenvalue weighted by Gasteiger charge is 2.32. The van der Waals surface area contributed by atoms with Crippen molar-refractivity contribution in [3.05, 3.63) is 34.4 Å². The molecule has 0 saturated carbocycles. The first-order chi connectivity index (χ1) is 12.7. The maximum absolute atomic E-state index is 13.6. The monoisotopic (exact) mass is 418 g/mol. The van der Waals surface area contributed by atoms with Gasteiger partial charge in [0.15, 0.2) is 5.52 Å². The maximum atomic E-state index is 13.6. The minimum Gasteiger partial charge on any atom is -0.289 e. The third kappa shape index (κ3) is 7.82. The maximum Gasteiger partial charge on any atom is 0.181 e. The summed E-state index contributed by atoms with van der Waals surface area (Å²) in [5.74, 6) is 0.572. The summed E-state index contributed by atoms with van der Waals surface area (Å²) in [5, 5.41) is 0. The second-order valence-corrected chi connectivity index (χ2v) is 14.5. The lowest BCUT2D eigenvalue weighted by molar-refractivity contribution is 0.108. The van der Waals surface area contributed by atoms with E-state index in [0.29, 0.717) is 25.4 Å². The van der Waals surface area contributed by atoms with Gasteiger partial charge in [0, 0.05) is 5.56 Å². The number of benzene rings is 1. The number of hydrogen-bond acceptors (Lipinski definition) is 1. The summed E-state index contributed by atoms with van der Waals surface area (Å²) in [6, 6.07) is 4.62. The molecule has 29 heavy (non-hydrogen) atoms. The summed E-state index contributed by atoms with van der Waals surface area (Å²) in [7, 11) is 0.345. The fourth-order valence-electron chi connectivity index (χ4n) is 3.98. The Hall–Kier alpha value is -0.680. The van der Waals surface area contributed by atoms with Crippen LogP contribution < -0.4 is 0 Å². The van der Waals surface area contributed by atoms with Gasteiger partial charge in [-0.15, -0.1) is 0 Å². The molecule has 0 aromatic heterocycles. The standard InChI is InChI=1S/C27H47OP/c1-18(16-24(2,3)4)17-29-23(28)22-20(26(8,9)10)14-19(25(5,6)7)15-21(22)27(11,12)13/h14-15,18,29H,16-17H2,1-13H3. The van der Waals surface area contributed by atoms with Crippen LogP contribution in [0.25, 0.3) is 0 Å². The molecule has 0 spiro atoms. The summed E-state index contributed by atoms with van der Waals surface area (Å²) in [5.41, 5.74) is 5.36. The molecule has 2 atom stereocenters. The van der Waals surface area contributed by atoms with Crippen molar-refractivity contribution in [3.8, 4) is 0 Å². The smallest absolute Gasteiger partial charge is 0.181 e. The molecule has 1 aromatic rings. The lowest BCUT2D eigenvalue weighted by Crippen LogP contribution is -2.26. The van der Waals surface area contributed by atoms with E-state index in [2.05, 4.69) is 102 Å². The Labute approximate surface area is 183 Å². The second kappa shape index (κ2) is 8.82. The largest absolute Gasteiger partial charge is 0.289 e. The van der Waals surface area contributed by atoms with Gasteiger partial charge in [-0.25, -0.2) is 0 Å². The van der Waals surface area contributed by atoms with Crippen LogP contribution in [0.5, 0.6) is 0 Å². The fraction of sp³-hybridized carbons (Fsp3) is 0.741. The molecule has 0 heterocycles. The van der Waals surface area contributed by atoms with Crippen molar-refractivity contribution in [2.45, 2.75) is 113 Å². The lowest BCUT2D eigenvalue weighted by Gasteiger charge is -2.33. The molecule has 2 unspecified atom stereocenters. The Kier molecular flexibility index (Phi) is 8.02. The third-order valence-electron chi connectivity index (χ3n) is 5.42. The van der Waals surface area contributed by atoms with Gasteiger partial charge in [0.2, 0.25) is 0 Å². The van der Waals surface area contributed by atoms with Crippen molar-refractivity contribution >= 4 is 14.1 Å². The second-order valence-electron chi connectivity index (χ2n) is 13.3. The van der Waals surface area contributed by atoms with E-state index < -0.39 is 0 Å². The molecule has 0 bridgehead atoms. The zero-order chi connectivity index (χ0) is 23.0. The summed E-state index contributed by atoms with van der Waals surface area (Å²) < 4.78 is 0. The highest BCUT2D eigenvalue weighted by Crippen LogP contribution is 2.41. The van der Waals surface area contributed by atoms with Gasteiger partial charge in [-0.3, -0.25) is 4.79 Å². The summed E-state index contributed by atoms with van der Waals surface area (Å²) in [6.07, 6.45) is 2.15. The zero-order valence-corrected chi connectivity index (χ0v) is 22.6. The molecule has 166 valence electrons. The van der Waals surface area contributed by atoms with Crippen LogP contribution in [0.4, 0.5) is 0 Å². The van der Waals surface area contributed by atoms with Crippen LogP contribution >= 0.6 is 8.58 Å². The predicted molar refractivity (Wildman–Crippen MR) is 133 cm³/mol. The minimum atomic E-state index is -0.0617. The molecule has 0 saturated heterocycles. The average molecular weight is 419 g/mol. The quantitative estimate of drug-likeness (QED) is 0.438. The van der Waals surface area contributed by atoms with Crippen molar-refractivity contribution in [2.24, 2.45) is 11.3 Å². The molecule has 0 N–H and O–H groups in total. The Balaban J connectivity index is 3.48. The molecular weight excluding hydrogens is 371 g/mol. The molecule has 0 aliphatic carbocycles. The predicted octanol–water partition coefficient (Wildman–Crippen LogP) is 8.47. The van der Waals surface area contributed by atoms with Gasteiger partial charge < -0.3 is 0 Å². The molecule has 0 amide bonds. The van der Waals surface area contributed by atoms with Crippen LogP contribution in [-0.4, -0.2) is 11.7 Å². The molecule has 1 aromatic carbocycles. The molecule has 0 fully saturated rings. The lowest BCUT2D eigenvalue weighted by atomic mass is 9.72. The van der Waals surface area contributed by atoms with Crippen molar-refractivity contribution in [1.82, 2.24) is 0 Å². The highest BCUT2D eigenvalue weighted by atomic mass is 31.1. The highest BCUT2D eigenvalue weighted by molar-refractivity contribution is 7.58. The molecule has 0 aliphatic rings. The SMILES string of the molecule is CC(CPC(=O)c1c(C(C)(C)C)cc(C(C)(C)C)cc1C(C)(C)C)CC(C)(C)C. The van der Waals surface area contributed by atoms with Crippen LogP contribution in [-0.2, 0) is 16.2 Å². The van der Waals surface area contributed by atoms with E-state index in [0.717, 1.165) is 18.1 Å². The van der Waals surface area contributed by atoms with Crippen molar-refractivity contribution in [3.63, 3.8) is 0 Å². The molecule has 0 aliphatic heterocycles. The Morgan fingerprint density at radius 1 is 0.793 bits per heavy atom. The topological polar surface area (TPSA) is 17.1 Å². The first-order valence-electron chi connectivity index (χ1n) is 11.2. The molecule has 0 radical (unpaired) electrons. The van der Waals surface area contributed by atoms with Gasteiger partial charge in [0.25, 0.3) is 0 Å². The van der Waals surface area contributed by atoms with Crippen molar-refractivity contribution in [2.75, 3.05) is 6.16 Å². The van der Waals surface area contributed by atoms with Crippen LogP contribution in [0.2, 0.25) is 0 Å². The van der Waals surface area contributed by atoms with Crippen LogP contribution in [0.15, 0.2) is 12.1 Å². The number of hydrogen-bond donors (Lipinski definition) is 0.